The van der Waals surface area contributed by atoms with Crippen molar-refractivity contribution >= 4 is 12.0 Å². The monoisotopic (exact) mass is 300 g/mol. The van der Waals surface area contributed by atoms with Crippen LogP contribution in [0.4, 0.5) is 13.6 Å². The second-order valence-corrected chi connectivity index (χ2v) is 4.64. The van der Waals surface area contributed by atoms with Gasteiger partial charge in [0.2, 0.25) is 0 Å². The predicted molar refractivity (Wildman–Crippen MR) is 72.8 cm³/mol. The largest absolute Gasteiger partial charge is 0.481 e. The molecule has 0 heterocycles. The van der Waals surface area contributed by atoms with Crippen LogP contribution in [0.25, 0.3) is 0 Å². The minimum atomic E-state index is -1.02. The minimum absolute atomic E-state index is 0.0310. The Morgan fingerprint density at radius 2 is 2.05 bits per heavy atom. The average molecular weight is 300 g/mol. The number of carboxylic acid groups (broad SMARTS) is 1. The highest BCUT2D eigenvalue weighted by Gasteiger charge is 2.19. The maximum absolute atomic E-state index is 13.7. The number of carboxylic acids is 1. The Labute approximate surface area is 121 Å². The molecule has 2 N–H and O–H groups in total. The van der Waals surface area contributed by atoms with Crippen molar-refractivity contribution in [2.75, 3.05) is 13.6 Å². The van der Waals surface area contributed by atoms with Crippen LogP contribution in [0, 0.1) is 11.6 Å². The van der Waals surface area contributed by atoms with Crippen molar-refractivity contribution in [3.63, 3.8) is 0 Å². The van der Waals surface area contributed by atoms with Crippen LogP contribution in [-0.2, 0) is 4.79 Å². The number of amides is 2. The van der Waals surface area contributed by atoms with Crippen LogP contribution in [0.2, 0.25) is 0 Å². The van der Waals surface area contributed by atoms with Gasteiger partial charge in [0.25, 0.3) is 0 Å². The third kappa shape index (κ3) is 5.02. The smallest absolute Gasteiger partial charge is 0.317 e. The molecule has 0 aromatic heterocycles. The lowest BCUT2D eigenvalue weighted by atomic mass is 10.0. The molecule has 7 heteroatoms. The van der Waals surface area contributed by atoms with E-state index in [4.69, 9.17) is 5.11 Å². The number of urea groups is 1. The first-order valence-electron chi connectivity index (χ1n) is 6.53. The lowest BCUT2D eigenvalue weighted by Gasteiger charge is -2.23. The Kier molecular flexibility index (Phi) is 6.08. The zero-order valence-electron chi connectivity index (χ0n) is 11.9. The molecule has 0 aliphatic heterocycles. The Morgan fingerprint density at radius 3 is 2.62 bits per heavy atom. The highest BCUT2D eigenvalue weighted by atomic mass is 19.1. The van der Waals surface area contributed by atoms with Gasteiger partial charge < -0.3 is 15.3 Å². The number of hydrogen-bond donors (Lipinski definition) is 2. The van der Waals surface area contributed by atoms with E-state index >= 15 is 0 Å². The molecule has 1 unspecified atom stereocenters. The maximum atomic E-state index is 13.7. The number of hydrogen-bond acceptors (Lipinski definition) is 2. The van der Waals surface area contributed by atoms with Crippen molar-refractivity contribution in [3.05, 3.63) is 35.4 Å². The molecule has 5 nitrogen and oxygen atoms in total. The first kappa shape index (κ1) is 16.9. The van der Waals surface area contributed by atoms with E-state index in [0.29, 0.717) is 6.42 Å². The fourth-order valence-corrected chi connectivity index (χ4v) is 1.81. The number of benzene rings is 1. The summed E-state index contributed by atoms with van der Waals surface area (Å²) in [5.41, 5.74) is 0.0671. The zero-order chi connectivity index (χ0) is 16.0. The van der Waals surface area contributed by atoms with Crippen LogP contribution in [-0.4, -0.2) is 35.6 Å². The summed E-state index contributed by atoms with van der Waals surface area (Å²) in [7, 11) is 1.44. The van der Waals surface area contributed by atoms with Gasteiger partial charge in [-0.15, -0.1) is 0 Å². The van der Waals surface area contributed by atoms with Gasteiger partial charge in [-0.2, -0.15) is 0 Å². The summed E-state index contributed by atoms with van der Waals surface area (Å²) >= 11 is 0. The van der Waals surface area contributed by atoms with Crippen LogP contribution >= 0.6 is 0 Å². The van der Waals surface area contributed by atoms with E-state index in [1.54, 1.807) is 6.92 Å². The third-order valence-corrected chi connectivity index (χ3v) is 3.05. The fourth-order valence-electron chi connectivity index (χ4n) is 1.81. The molecular formula is C14H18F2N2O3. The number of carbonyl (C=O) groups excluding carboxylic acids is 1. The molecule has 2 amide bonds. The molecule has 1 atom stereocenters. The molecule has 0 radical (unpaired) electrons. The normalized spacial score (nSPS) is 11.8. The van der Waals surface area contributed by atoms with Crippen LogP contribution in [0.1, 0.15) is 31.4 Å². The SMILES string of the molecule is CCC(NC(=O)N(C)CCC(=O)O)c1cc(F)ccc1F. The summed E-state index contributed by atoms with van der Waals surface area (Å²) in [6.07, 6.45) is 0.188. The van der Waals surface area contributed by atoms with Crippen molar-refractivity contribution in [1.29, 1.82) is 0 Å². The van der Waals surface area contributed by atoms with Crippen molar-refractivity contribution in [1.82, 2.24) is 10.2 Å². The highest BCUT2D eigenvalue weighted by molar-refractivity contribution is 5.75. The molecule has 1 aromatic rings. The van der Waals surface area contributed by atoms with Crippen molar-refractivity contribution in [2.45, 2.75) is 25.8 Å². The van der Waals surface area contributed by atoms with Gasteiger partial charge >= 0.3 is 12.0 Å². The highest BCUT2D eigenvalue weighted by Crippen LogP contribution is 2.21. The number of aliphatic carboxylic acids is 1. The van der Waals surface area contributed by atoms with Gasteiger partial charge in [-0.25, -0.2) is 13.6 Å². The molecule has 0 aliphatic rings. The number of nitrogens with zero attached hydrogens (tertiary/aromatic N) is 1. The van der Waals surface area contributed by atoms with Crippen LogP contribution in [0.15, 0.2) is 18.2 Å². The van der Waals surface area contributed by atoms with E-state index in [1.165, 1.54) is 11.9 Å². The van der Waals surface area contributed by atoms with E-state index in [9.17, 15) is 18.4 Å². The summed E-state index contributed by atoms with van der Waals surface area (Å²) in [4.78, 5) is 23.5. The Bertz CT molecular complexity index is 523. The second kappa shape index (κ2) is 7.56. The van der Waals surface area contributed by atoms with Crippen LogP contribution in [0.3, 0.4) is 0 Å². The fraction of sp³-hybridized carbons (Fsp3) is 0.429. The molecule has 0 aliphatic carbocycles. The summed E-state index contributed by atoms with van der Waals surface area (Å²) in [5, 5.41) is 11.1. The molecule has 0 bridgehead atoms. The standard InChI is InChI=1S/C14H18F2N2O3/c1-3-12(10-8-9(15)4-5-11(10)16)17-14(21)18(2)7-6-13(19)20/h4-5,8,12H,3,6-7H2,1-2H3,(H,17,21)(H,19,20). The van der Waals surface area contributed by atoms with Gasteiger partial charge in [-0.3, -0.25) is 4.79 Å². The van der Waals surface area contributed by atoms with E-state index in [-0.39, 0.29) is 18.5 Å². The molecule has 21 heavy (non-hydrogen) atoms. The van der Waals surface area contributed by atoms with Crippen molar-refractivity contribution in [3.8, 4) is 0 Å². The van der Waals surface area contributed by atoms with E-state index in [1.807, 2.05) is 0 Å². The molecular weight excluding hydrogens is 282 g/mol. The van der Waals surface area contributed by atoms with Gasteiger partial charge in [0.1, 0.15) is 11.6 Å². The molecule has 0 saturated carbocycles. The van der Waals surface area contributed by atoms with E-state index in [0.717, 1.165) is 18.2 Å². The van der Waals surface area contributed by atoms with Crippen LogP contribution < -0.4 is 5.32 Å². The summed E-state index contributed by atoms with van der Waals surface area (Å²) in [5.74, 6) is -2.20. The van der Waals surface area contributed by atoms with E-state index < -0.39 is 29.7 Å². The average Bonchev–Trinajstić information content (AvgIpc) is 2.44. The van der Waals surface area contributed by atoms with Gasteiger partial charge in [0.15, 0.2) is 0 Å². The van der Waals surface area contributed by atoms with Gasteiger partial charge in [0, 0.05) is 19.2 Å². The van der Waals surface area contributed by atoms with E-state index in [2.05, 4.69) is 5.32 Å². The quantitative estimate of drug-likeness (QED) is 0.848. The summed E-state index contributed by atoms with van der Waals surface area (Å²) in [6, 6.07) is 1.84. The lowest BCUT2D eigenvalue weighted by molar-refractivity contribution is -0.137. The predicted octanol–water partition coefficient (Wildman–Crippen LogP) is 2.53. The van der Waals surface area contributed by atoms with Crippen molar-refractivity contribution < 1.29 is 23.5 Å². The molecule has 116 valence electrons. The third-order valence-electron chi connectivity index (χ3n) is 3.05. The van der Waals surface area contributed by atoms with Crippen LogP contribution in [0.5, 0.6) is 0 Å². The Hall–Kier alpha value is -2.18. The van der Waals surface area contributed by atoms with Gasteiger partial charge in [-0.05, 0) is 24.6 Å². The van der Waals surface area contributed by atoms with Gasteiger partial charge in [-0.1, -0.05) is 6.92 Å². The van der Waals surface area contributed by atoms with Crippen molar-refractivity contribution in [2.24, 2.45) is 0 Å². The lowest BCUT2D eigenvalue weighted by Crippen LogP contribution is -2.40. The number of halogens is 2. The molecule has 1 aromatic carbocycles. The minimum Gasteiger partial charge on any atom is -0.481 e. The molecule has 0 spiro atoms. The molecule has 0 saturated heterocycles. The van der Waals surface area contributed by atoms with Gasteiger partial charge in [0.05, 0.1) is 12.5 Å². The maximum Gasteiger partial charge on any atom is 0.317 e. The topological polar surface area (TPSA) is 69.6 Å². The Morgan fingerprint density at radius 1 is 1.38 bits per heavy atom. The first-order valence-corrected chi connectivity index (χ1v) is 6.53. The Balaban J connectivity index is 2.75. The summed E-state index contributed by atoms with van der Waals surface area (Å²) in [6.45, 7) is 1.76. The summed E-state index contributed by atoms with van der Waals surface area (Å²) < 4.78 is 26.9. The number of rotatable bonds is 6. The zero-order valence-corrected chi connectivity index (χ0v) is 11.9. The molecule has 1 rings (SSSR count). The first-order chi connectivity index (χ1) is 9.85. The number of nitrogens with one attached hydrogen (secondary N) is 1. The number of carbonyl (C=O) groups is 2. The molecule has 0 fully saturated rings. The second-order valence-electron chi connectivity index (χ2n) is 4.64.